The predicted molar refractivity (Wildman–Crippen MR) is 114 cm³/mol. The lowest BCUT2D eigenvalue weighted by Crippen LogP contribution is -2.32. The monoisotopic (exact) mass is 385 g/mol. The largest absolute Gasteiger partial charge is 0.508 e. The van der Waals surface area contributed by atoms with Crippen molar-refractivity contribution in [3.63, 3.8) is 0 Å². The molecule has 2 N–H and O–H groups in total. The summed E-state index contributed by atoms with van der Waals surface area (Å²) >= 11 is 0. The molecule has 0 saturated heterocycles. The summed E-state index contributed by atoms with van der Waals surface area (Å²) in [5.74, 6) is -0.335. The van der Waals surface area contributed by atoms with Crippen LogP contribution in [0, 0.1) is 0 Å². The van der Waals surface area contributed by atoms with Crippen LogP contribution >= 0.6 is 0 Å². The summed E-state index contributed by atoms with van der Waals surface area (Å²) in [7, 11) is 1.83. The Hall–Kier alpha value is -3.60. The molecular formula is C24H23N3O2. The fourth-order valence-corrected chi connectivity index (χ4v) is 3.64. The molecule has 4 rings (SSSR count). The van der Waals surface area contributed by atoms with Gasteiger partial charge in [0.1, 0.15) is 5.75 Å². The molecule has 5 heteroatoms. The maximum atomic E-state index is 13.1. The Morgan fingerprint density at radius 3 is 2.45 bits per heavy atom. The van der Waals surface area contributed by atoms with Crippen LogP contribution in [0.5, 0.6) is 5.75 Å². The summed E-state index contributed by atoms with van der Waals surface area (Å²) < 4.78 is 1.68. The second-order valence-electron chi connectivity index (χ2n) is 7.24. The molecule has 4 aromatic rings. The smallest absolute Gasteiger partial charge is 0.228 e. The topological polar surface area (TPSA) is 67.2 Å². The van der Waals surface area contributed by atoms with Gasteiger partial charge in [0.05, 0.1) is 18.2 Å². The summed E-state index contributed by atoms with van der Waals surface area (Å²) in [6, 6.07) is 20.7. The first kappa shape index (κ1) is 18.7. The van der Waals surface area contributed by atoms with E-state index in [1.165, 1.54) is 0 Å². The average molecular weight is 385 g/mol. The Kier molecular flexibility index (Phi) is 5.04. The molecule has 0 aliphatic rings. The zero-order valence-electron chi connectivity index (χ0n) is 16.4. The number of phenolic OH excluding ortho intramolecular Hbond substituents is 1. The van der Waals surface area contributed by atoms with Crippen molar-refractivity contribution in [2.45, 2.75) is 18.9 Å². The second-order valence-corrected chi connectivity index (χ2v) is 7.24. The average Bonchev–Trinajstić information content (AvgIpc) is 3.18. The number of carbonyl (C=O) groups is 1. The van der Waals surface area contributed by atoms with Crippen LogP contribution in [-0.4, -0.2) is 20.8 Å². The third-order valence-electron chi connectivity index (χ3n) is 5.27. The van der Waals surface area contributed by atoms with Crippen LogP contribution < -0.4 is 5.32 Å². The molecule has 0 fully saturated rings. The number of hydrogen-bond acceptors (Lipinski definition) is 3. The van der Waals surface area contributed by atoms with Crippen LogP contribution in [0.15, 0.2) is 79.1 Å². The number of aromatic hydroxyl groups is 1. The lowest BCUT2D eigenvalue weighted by molar-refractivity contribution is -0.122. The third-order valence-corrected chi connectivity index (χ3v) is 5.27. The Morgan fingerprint density at radius 2 is 1.72 bits per heavy atom. The van der Waals surface area contributed by atoms with Gasteiger partial charge in [-0.1, -0.05) is 60.7 Å². The minimum Gasteiger partial charge on any atom is -0.508 e. The van der Waals surface area contributed by atoms with Gasteiger partial charge in [-0.15, -0.1) is 0 Å². The van der Waals surface area contributed by atoms with Gasteiger partial charge in [0.2, 0.25) is 5.91 Å². The highest BCUT2D eigenvalue weighted by Gasteiger charge is 2.25. The standard InChI is InChI=1S/C24H23N3O2/c1-16(19-14-25-27(2)15-19)24(29)26-23(18-9-4-3-5-10-18)22-20-11-7-6-8-17(20)12-13-21(22)28/h3-16,23,28H,1-2H3,(H,26,29)/t16-,23+/m1/s1. The predicted octanol–water partition coefficient (Wildman–Crippen LogP) is 4.29. The number of carbonyl (C=O) groups excluding carboxylic acids is 1. The number of aromatic nitrogens is 2. The Bertz CT molecular complexity index is 1150. The number of fused-ring (bicyclic) bond motifs is 1. The lowest BCUT2D eigenvalue weighted by Gasteiger charge is -2.24. The molecule has 1 aromatic heterocycles. The first-order chi connectivity index (χ1) is 14.0. The molecule has 0 spiro atoms. The summed E-state index contributed by atoms with van der Waals surface area (Å²) in [6.45, 7) is 1.86. The summed E-state index contributed by atoms with van der Waals surface area (Å²) in [5.41, 5.74) is 2.45. The molecule has 2 atom stereocenters. The molecule has 0 saturated carbocycles. The van der Waals surface area contributed by atoms with Crippen molar-refractivity contribution in [1.29, 1.82) is 0 Å². The van der Waals surface area contributed by atoms with E-state index in [-0.39, 0.29) is 17.6 Å². The Labute approximate surface area is 169 Å². The molecule has 0 radical (unpaired) electrons. The second kappa shape index (κ2) is 7.80. The molecular weight excluding hydrogens is 362 g/mol. The van der Waals surface area contributed by atoms with Crippen molar-refractivity contribution in [1.82, 2.24) is 15.1 Å². The number of nitrogens with one attached hydrogen (secondary N) is 1. The highest BCUT2D eigenvalue weighted by Crippen LogP contribution is 2.36. The van der Waals surface area contributed by atoms with Gasteiger partial charge in [0.25, 0.3) is 0 Å². The van der Waals surface area contributed by atoms with Gasteiger partial charge < -0.3 is 10.4 Å². The minimum absolute atomic E-state index is 0.126. The van der Waals surface area contributed by atoms with E-state index >= 15 is 0 Å². The van der Waals surface area contributed by atoms with Gasteiger partial charge in [0.15, 0.2) is 0 Å². The molecule has 29 heavy (non-hydrogen) atoms. The van der Waals surface area contributed by atoms with Crippen molar-refractivity contribution < 1.29 is 9.90 Å². The van der Waals surface area contributed by atoms with Gasteiger partial charge in [-0.05, 0) is 29.3 Å². The number of rotatable bonds is 5. The van der Waals surface area contributed by atoms with E-state index in [2.05, 4.69) is 10.4 Å². The molecule has 1 heterocycles. The van der Waals surface area contributed by atoms with Crippen molar-refractivity contribution in [2.24, 2.45) is 7.05 Å². The van der Waals surface area contributed by atoms with Gasteiger partial charge in [0, 0.05) is 24.4 Å². The summed E-state index contributed by atoms with van der Waals surface area (Å²) in [6.07, 6.45) is 3.55. The number of benzene rings is 3. The van der Waals surface area contributed by atoms with E-state index in [1.54, 1.807) is 16.9 Å². The summed E-state index contributed by atoms with van der Waals surface area (Å²) in [4.78, 5) is 13.1. The molecule has 0 aliphatic heterocycles. The zero-order valence-corrected chi connectivity index (χ0v) is 16.4. The molecule has 0 aliphatic carbocycles. The number of hydrogen-bond donors (Lipinski definition) is 2. The van der Waals surface area contributed by atoms with Crippen molar-refractivity contribution in [2.75, 3.05) is 0 Å². The van der Waals surface area contributed by atoms with Crippen LogP contribution in [0.4, 0.5) is 0 Å². The molecule has 146 valence electrons. The number of aryl methyl sites for hydroxylation is 1. The van der Waals surface area contributed by atoms with Crippen LogP contribution in [0.2, 0.25) is 0 Å². The zero-order chi connectivity index (χ0) is 20.4. The first-order valence-corrected chi connectivity index (χ1v) is 9.59. The fourth-order valence-electron chi connectivity index (χ4n) is 3.64. The van der Waals surface area contributed by atoms with Crippen LogP contribution in [0.1, 0.15) is 35.6 Å². The fraction of sp³-hybridized carbons (Fsp3) is 0.167. The van der Waals surface area contributed by atoms with E-state index in [9.17, 15) is 9.90 Å². The number of nitrogens with zero attached hydrogens (tertiary/aromatic N) is 2. The molecule has 0 unspecified atom stereocenters. The number of amides is 1. The minimum atomic E-state index is -0.478. The first-order valence-electron chi connectivity index (χ1n) is 9.59. The van der Waals surface area contributed by atoms with Crippen LogP contribution in [0.3, 0.4) is 0 Å². The Balaban J connectivity index is 1.78. The van der Waals surface area contributed by atoms with Crippen LogP contribution in [-0.2, 0) is 11.8 Å². The van der Waals surface area contributed by atoms with E-state index in [4.69, 9.17) is 0 Å². The van der Waals surface area contributed by atoms with E-state index in [0.29, 0.717) is 5.56 Å². The molecule has 3 aromatic carbocycles. The normalized spacial score (nSPS) is 13.2. The van der Waals surface area contributed by atoms with Gasteiger partial charge in [-0.2, -0.15) is 5.10 Å². The van der Waals surface area contributed by atoms with E-state index in [1.807, 2.05) is 80.8 Å². The van der Waals surface area contributed by atoms with Crippen molar-refractivity contribution >= 4 is 16.7 Å². The van der Waals surface area contributed by atoms with Crippen molar-refractivity contribution in [3.05, 3.63) is 95.8 Å². The quantitative estimate of drug-likeness (QED) is 0.539. The number of phenols is 1. The summed E-state index contributed by atoms with van der Waals surface area (Å²) in [5, 5.41) is 20.0. The maximum absolute atomic E-state index is 13.1. The third kappa shape index (κ3) is 3.72. The maximum Gasteiger partial charge on any atom is 0.228 e. The van der Waals surface area contributed by atoms with Crippen molar-refractivity contribution in [3.8, 4) is 5.75 Å². The highest BCUT2D eigenvalue weighted by molar-refractivity contribution is 5.90. The van der Waals surface area contributed by atoms with Gasteiger partial charge in [-0.3, -0.25) is 9.48 Å². The Morgan fingerprint density at radius 1 is 1.00 bits per heavy atom. The molecule has 5 nitrogen and oxygen atoms in total. The van der Waals surface area contributed by atoms with Gasteiger partial charge >= 0.3 is 0 Å². The van der Waals surface area contributed by atoms with Gasteiger partial charge in [-0.25, -0.2) is 0 Å². The lowest BCUT2D eigenvalue weighted by atomic mass is 9.92. The molecule has 0 bridgehead atoms. The SMILES string of the molecule is C[C@@H](C(=O)N[C@@H](c1ccccc1)c1c(O)ccc2ccccc12)c1cnn(C)c1. The highest BCUT2D eigenvalue weighted by atomic mass is 16.3. The van der Waals surface area contributed by atoms with Crippen LogP contribution in [0.25, 0.3) is 10.8 Å². The van der Waals surface area contributed by atoms with E-state index in [0.717, 1.165) is 21.9 Å². The van der Waals surface area contributed by atoms with E-state index < -0.39 is 6.04 Å². The molecule has 1 amide bonds.